The third-order valence-electron chi connectivity index (χ3n) is 2.96. The lowest BCUT2D eigenvalue weighted by Gasteiger charge is -2.25. The van der Waals surface area contributed by atoms with E-state index in [-0.39, 0.29) is 5.97 Å². The van der Waals surface area contributed by atoms with E-state index in [4.69, 9.17) is 10.5 Å². The van der Waals surface area contributed by atoms with Crippen molar-refractivity contribution in [2.45, 2.75) is 39.7 Å². The van der Waals surface area contributed by atoms with E-state index >= 15 is 0 Å². The molecule has 0 bridgehead atoms. The van der Waals surface area contributed by atoms with Crippen molar-refractivity contribution in [2.24, 2.45) is 5.92 Å². The second kappa shape index (κ2) is 7.29. The second-order valence-electron chi connectivity index (χ2n) is 6.13. The molecule has 0 aliphatic rings. The summed E-state index contributed by atoms with van der Waals surface area (Å²) in [5, 5.41) is 3.33. The highest BCUT2D eigenvalue weighted by atomic mass is 16.6. The molecule has 0 amide bonds. The standard InChI is InChI=1S/C16H26N2O2/c1-12(2)9-10-18-11-16(3,4)20-15(19)13-5-7-14(17)8-6-13/h5-8,12,18H,9-11,17H2,1-4H3. The highest BCUT2D eigenvalue weighted by Gasteiger charge is 2.23. The normalized spacial score (nSPS) is 11.7. The summed E-state index contributed by atoms with van der Waals surface area (Å²) in [7, 11) is 0. The van der Waals surface area contributed by atoms with E-state index in [0.29, 0.717) is 23.7 Å². The second-order valence-corrected chi connectivity index (χ2v) is 6.13. The van der Waals surface area contributed by atoms with Gasteiger partial charge in [-0.1, -0.05) is 13.8 Å². The molecular weight excluding hydrogens is 252 g/mol. The van der Waals surface area contributed by atoms with Crippen LogP contribution < -0.4 is 11.1 Å². The van der Waals surface area contributed by atoms with Gasteiger partial charge in [0.05, 0.1) is 5.56 Å². The molecule has 4 heteroatoms. The lowest BCUT2D eigenvalue weighted by atomic mass is 10.1. The first kappa shape index (κ1) is 16.5. The summed E-state index contributed by atoms with van der Waals surface area (Å²) in [4.78, 5) is 12.0. The van der Waals surface area contributed by atoms with Crippen molar-refractivity contribution >= 4 is 11.7 Å². The summed E-state index contributed by atoms with van der Waals surface area (Å²) in [5.74, 6) is 0.351. The quantitative estimate of drug-likeness (QED) is 0.457. The predicted octanol–water partition coefficient (Wildman–Crippen LogP) is 2.84. The van der Waals surface area contributed by atoms with E-state index in [2.05, 4.69) is 19.2 Å². The fourth-order valence-corrected chi connectivity index (χ4v) is 1.75. The number of carbonyl (C=O) groups is 1. The number of nitrogens with one attached hydrogen (secondary N) is 1. The number of nitrogens with two attached hydrogens (primary N) is 1. The van der Waals surface area contributed by atoms with Crippen LogP contribution in [0, 0.1) is 5.92 Å². The minimum absolute atomic E-state index is 0.319. The summed E-state index contributed by atoms with van der Waals surface area (Å²) in [5.41, 5.74) is 6.22. The maximum Gasteiger partial charge on any atom is 0.338 e. The number of hydrogen-bond acceptors (Lipinski definition) is 4. The largest absolute Gasteiger partial charge is 0.455 e. The number of anilines is 1. The Kier molecular flexibility index (Phi) is 6.02. The summed E-state index contributed by atoms with van der Waals surface area (Å²) in [6.07, 6.45) is 1.11. The summed E-state index contributed by atoms with van der Waals surface area (Å²) < 4.78 is 5.53. The molecule has 0 saturated carbocycles. The van der Waals surface area contributed by atoms with Gasteiger partial charge in [0.1, 0.15) is 5.60 Å². The molecule has 0 radical (unpaired) electrons. The monoisotopic (exact) mass is 278 g/mol. The molecule has 1 aromatic rings. The Morgan fingerprint density at radius 2 is 1.90 bits per heavy atom. The number of esters is 1. The maximum absolute atomic E-state index is 12.0. The minimum atomic E-state index is -0.532. The van der Waals surface area contributed by atoms with E-state index in [1.807, 2.05) is 13.8 Å². The summed E-state index contributed by atoms with van der Waals surface area (Å²) in [6.45, 7) is 9.76. The third kappa shape index (κ3) is 6.06. The number of benzene rings is 1. The molecule has 20 heavy (non-hydrogen) atoms. The van der Waals surface area contributed by atoms with Crippen molar-refractivity contribution in [1.82, 2.24) is 5.32 Å². The molecular formula is C16H26N2O2. The Morgan fingerprint density at radius 1 is 1.30 bits per heavy atom. The van der Waals surface area contributed by atoms with Crippen LogP contribution in [0.25, 0.3) is 0 Å². The predicted molar refractivity (Wildman–Crippen MR) is 82.7 cm³/mol. The van der Waals surface area contributed by atoms with Crippen LogP contribution in [-0.4, -0.2) is 24.7 Å². The molecule has 0 aliphatic carbocycles. The molecule has 0 aliphatic heterocycles. The van der Waals surface area contributed by atoms with Gasteiger partial charge >= 0.3 is 5.97 Å². The minimum Gasteiger partial charge on any atom is -0.455 e. The van der Waals surface area contributed by atoms with Crippen LogP contribution in [0.2, 0.25) is 0 Å². The fraction of sp³-hybridized carbons (Fsp3) is 0.562. The van der Waals surface area contributed by atoms with Crippen molar-refractivity contribution in [3.05, 3.63) is 29.8 Å². The van der Waals surface area contributed by atoms with E-state index in [0.717, 1.165) is 13.0 Å². The Labute approximate surface area is 121 Å². The summed E-state index contributed by atoms with van der Waals surface area (Å²) >= 11 is 0. The maximum atomic E-state index is 12.0. The van der Waals surface area contributed by atoms with Crippen molar-refractivity contribution in [2.75, 3.05) is 18.8 Å². The van der Waals surface area contributed by atoms with Crippen LogP contribution in [0.5, 0.6) is 0 Å². The molecule has 0 unspecified atom stereocenters. The Hall–Kier alpha value is -1.55. The van der Waals surface area contributed by atoms with Gasteiger partial charge in [0.15, 0.2) is 0 Å². The van der Waals surface area contributed by atoms with Gasteiger partial charge < -0.3 is 15.8 Å². The Morgan fingerprint density at radius 3 is 2.45 bits per heavy atom. The van der Waals surface area contributed by atoms with E-state index in [1.54, 1.807) is 24.3 Å². The van der Waals surface area contributed by atoms with Crippen LogP contribution in [0.15, 0.2) is 24.3 Å². The molecule has 0 spiro atoms. The number of hydrogen-bond donors (Lipinski definition) is 2. The number of ether oxygens (including phenoxy) is 1. The van der Waals surface area contributed by atoms with Crippen molar-refractivity contribution in [1.29, 1.82) is 0 Å². The van der Waals surface area contributed by atoms with Crippen molar-refractivity contribution < 1.29 is 9.53 Å². The van der Waals surface area contributed by atoms with Gasteiger partial charge in [0.2, 0.25) is 0 Å². The van der Waals surface area contributed by atoms with Gasteiger partial charge in [-0.3, -0.25) is 0 Å². The number of carbonyl (C=O) groups excluding carboxylic acids is 1. The lowest BCUT2D eigenvalue weighted by molar-refractivity contribution is -0.000470. The zero-order valence-electron chi connectivity index (χ0n) is 12.9. The topological polar surface area (TPSA) is 64.3 Å². The molecule has 0 saturated heterocycles. The van der Waals surface area contributed by atoms with Crippen molar-refractivity contribution in [3.63, 3.8) is 0 Å². The van der Waals surface area contributed by atoms with Crippen molar-refractivity contribution in [3.8, 4) is 0 Å². The van der Waals surface area contributed by atoms with E-state index < -0.39 is 5.60 Å². The molecule has 0 atom stereocenters. The highest BCUT2D eigenvalue weighted by Crippen LogP contribution is 2.14. The molecule has 3 N–H and O–H groups in total. The van der Waals surface area contributed by atoms with E-state index in [1.165, 1.54) is 0 Å². The first-order chi connectivity index (χ1) is 9.30. The van der Waals surface area contributed by atoms with Gasteiger partial charge in [-0.05, 0) is 57.0 Å². The highest BCUT2D eigenvalue weighted by molar-refractivity contribution is 5.90. The first-order valence-corrected chi connectivity index (χ1v) is 7.10. The SMILES string of the molecule is CC(C)CCNCC(C)(C)OC(=O)c1ccc(N)cc1. The average Bonchev–Trinajstić information content (AvgIpc) is 2.34. The molecule has 1 aromatic carbocycles. The third-order valence-corrected chi connectivity index (χ3v) is 2.96. The molecule has 1 rings (SSSR count). The van der Waals surface area contributed by atoms with Crippen LogP contribution in [0.3, 0.4) is 0 Å². The van der Waals surface area contributed by atoms with Gasteiger partial charge in [-0.2, -0.15) is 0 Å². The van der Waals surface area contributed by atoms with Gasteiger partial charge in [-0.15, -0.1) is 0 Å². The summed E-state index contributed by atoms with van der Waals surface area (Å²) in [6, 6.07) is 6.76. The van der Waals surface area contributed by atoms with Crippen LogP contribution >= 0.6 is 0 Å². The number of rotatable bonds is 7. The molecule has 0 aromatic heterocycles. The molecule has 4 nitrogen and oxygen atoms in total. The average molecular weight is 278 g/mol. The van der Waals surface area contributed by atoms with E-state index in [9.17, 15) is 4.79 Å². The zero-order chi connectivity index (χ0) is 15.2. The first-order valence-electron chi connectivity index (χ1n) is 7.10. The van der Waals surface area contributed by atoms with Gasteiger partial charge in [0, 0.05) is 12.2 Å². The Bertz CT molecular complexity index is 425. The molecule has 112 valence electrons. The lowest BCUT2D eigenvalue weighted by Crippen LogP contribution is -2.40. The van der Waals surface area contributed by atoms with Gasteiger partial charge in [-0.25, -0.2) is 4.79 Å². The number of nitrogen functional groups attached to an aromatic ring is 1. The van der Waals surface area contributed by atoms with Crippen LogP contribution in [0.1, 0.15) is 44.5 Å². The fourth-order valence-electron chi connectivity index (χ4n) is 1.75. The van der Waals surface area contributed by atoms with Crippen LogP contribution in [0.4, 0.5) is 5.69 Å². The smallest absolute Gasteiger partial charge is 0.338 e. The molecule has 0 fully saturated rings. The zero-order valence-corrected chi connectivity index (χ0v) is 12.9. The Balaban J connectivity index is 2.44. The van der Waals surface area contributed by atoms with Crippen LogP contribution in [-0.2, 0) is 4.74 Å². The molecule has 0 heterocycles. The van der Waals surface area contributed by atoms with Gasteiger partial charge in [0.25, 0.3) is 0 Å².